The smallest absolute Gasteiger partial charge is 0.160 e. The van der Waals surface area contributed by atoms with Crippen LogP contribution in [0, 0.1) is 20.8 Å². The monoisotopic (exact) mass is 316 g/mol. The van der Waals surface area contributed by atoms with Crippen molar-refractivity contribution < 1.29 is 4.79 Å². The van der Waals surface area contributed by atoms with Crippen molar-refractivity contribution in [2.75, 3.05) is 0 Å². The Morgan fingerprint density at radius 2 is 1.58 bits per heavy atom. The predicted octanol–water partition coefficient (Wildman–Crippen LogP) is 5.24. The Morgan fingerprint density at radius 1 is 1.00 bits per heavy atom. The van der Waals surface area contributed by atoms with Gasteiger partial charge >= 0.3 is 0 Å². The molecule has 0 aromatic heterocycles. The first-order chi connectivity index (χ1) is 8.91. The number of rotatable bonds is 2. The molecule has 0 heterocycles. The lowest BCUT2D eigenvalue weighted by atomic mass is 9.87. The summed E-state index contributed by atoms with van der Waals surface area (Å²) in [4.78, 5) is 12.0. The van der Waals surface area contributed by atoms with Crippen molar-refractivity contribution in [1.82, 2.24) is 0 Å². The fraction of sp³-hybridized carbons (Fsp3) is 0.235. The highest BCUT2D eigenvalue weighted by atomic mass is 79.9. The molecule has 0 unspecified atom stereocenters. The maximum atomic E-state index is 12.0. The highest BCUT2D eigenvalue weighted by Gasteiger charge is 2.16. The van der Waals surface area contributed by atoms with Gasteiger partial charge in [0.1, 0.15) is 0 Å². The van der Waals surface area contributed by atoms with Gasteiger partial charge in [0.25, 0.3) is 0 Å². The van der Waals surface area contributed by atoms with Gasteiger partial charge in [-0.05, 0) is 67.6 Å². The van der Waals surface area contributed by atoms with E-state index in [0.29, 0.717) is 0 Å². The van der Waals surface area contributed by atoms with Crippen LogP contribution >= 0.6 is 15.9 Å². The number of halogens is 1. The van der Waals surface area contributed by atoms with Gasteiger partial charge in [-0.3, -0.25) is 4.79 Å². The number of benzene rings is 2. The van der Waals surface area contributed by atoms with Crippen LogP contribution in [0.2, 0.25) is 0 Å². The topological polar surface area (TPSA) is 17.1 Å². The molecule has 2 heteroatoms. The Balaban J connectivity index is 2.78. The molecule has 0 amide bonds. The Morgan fingerprint density at radius 3 is 2.11 bits per heavy atom. The first kappa shape index (κ1) is 14.0. The van der Waals surface area contributed by atoms with Crippen LogP contribution in [0.3, 0.4) is 0 Å². The molecule has 2 rings (SSSR count). The van der Waals surface area contributed by atoms with E-state index in [9.17, 15) is 4.79 Å². The van der Waals surface area contributed by atoms with Gasteiger partial charge in [-0.2, -0.15) is 0 Å². The zero-order valence-electron chi connectivity index (χ0n) is 11.7. The van der Waals surface area contributed by atoms with E-state index < -0.39 is 0 Å². The van der Waals surface area contributed by atoms with Crippen LogP contribution in [0.25, 0.3) is 11.1 Å². The Bertz CT molecular complexity index is 639. The van der Waals surface area contributed by atoms with Gasteiger partial charge in [-0.15, -0.1) is 0 Å². The summed E-state index contributed by atoms with van der Waals surface area (Å²) in [6.07, 6.45) is 0. The van der Waals surface area contributed by atoms with Crippen LogP contribution in [0.15, 0.2) is 34.8 Å². The summed E-state index contributed by atoms with van der Waals surface area (Å²) in [5.74, 6) is 0.127. The van der Waals surface area contributed by atoms with Crippen molar-refractivity contribution in [2.45, 2.75) is 27.7 Å². The van der Waals surface area contributed by atoms with Gasteiger partial charge in [0.2, 0.25) is 0 Å². The average molecular weight is 317 g/mol. The molecule has 0 saturated heterocycles. The number of Topliss-reactive ketones (excluding diaryl/α,β-unsaturated/α-hetero) is 1. The molecule has 0 bridgehead atoms. The highest BCUT2D eigenvalue weighted by molar-refractivity contribution is 9.10. The van der Waals surface area contributed by atoms with Crippen LogP contribution in [-0.2, 0) is 0 Å². The standard InChI is InChI=1S/C17H17BrO/c1-10-9-11(2)16(17(12(10)3)13(4)19)14-5-7-15(18)8-6-14/h5-9H,1-4H3. The summed E-state index contributed by atoms with van der Waals surface area (Å²) < 4.78 is 1.04. The average Bonchev–Trinajstić information content (AvgIpc) is 2.34. The number of hydrogen-bond donors (Lipinski definition) is 0. The summed E-state index contributed by atoms with van der Waals surface area (Å²) in [7, 11) is 0. The SMILES string of the molecule is CC(=O)c1c(C)c(C)cc(C)c1-c1ccc(Br)cc1. The number of carbonyl (C=O) groups is 1. The summed E-state index contributed by atoms with van der Waals surface area (Å²) in [6, 6.07) is 10.3. The van der Waals surface area contributed by atoms with E-state index in [0.717, 1.165) is 32.3 Å². The minimum Gasteiger partial charge on any atom is -0.294 e. The second kappa shape index (κ2) is 5.30. The molecule has 0 radical (unpaired) electrons. The fourth-order valence-electron chi connectivity index (χ4n) is 2.52. The maximum absolute atomic E-state index is 12.0. The highest BCUT2D eigenvalue weighted by Crippen LogP contribution is 2.32. The normalized spacial score (nSPS) is 10.6. The Hall–Kier alpha value is -1.41. The van der Waals surface area contributed by atoms with Gasteiger partial charge in [-0.25, -0.2) is 0 Å². The molecule has 0 fully saturated rings. The van der Waals surface area contributed by atoms with Crippen LogP contribution in [-0.4, -0.2) is 5.78 Å². The lowest BCUT2D eigenvalue weighted by Gasteiger charge is -2.16. The zero-order chi connectivity index (χ0) is 14.2. The van der Waals surface area contributed by atoms with E-state index in [1.807, 2.05) is 31.2 Å². The van der Waals surface area contributed by atoms with Gasteiger partial charge in [0, 0.05) is 10.0 Å². The first-order valence-electron chi connectivity index (χ1n) is 6.29. The summed E-state index contributed by atoms with van der Waals surface area (Å²) in [5, 5.41) is 0. The largest absolute Gasteiger partial charge is 0.294 e. The summed E-state index contributed by atoms with van der Waals surface area (Å²) in [5.41, 5.74) is 6.40. The number of ketones is 1. The van der Waals surface area contributed by atoms with Crippen LogP contribution in [0.4, 0.5) is 0 Å². The third kappa shape index (κ3) is 2.64. The van der Waals surface area contributed by atoms with E-state index in [1.54, 1.807) is 6.92 Å². The molecular formula is C17H17BrO. The quantitative estimate of drug-likeness (QED) is 0.692. The molecule has 0 aliphatic heterocycles. The van der Waals surface area contributed by atoms with Crippen molar-refractivity contribution in [2.24, 2.45) is 0 Å². The van der Waals surface area contributed by atoms with E-state index in [1.165, 1.54) is 5.56 Å². The van der Waals surface area contributed by atoms with Crippen LogP contribution < -0.4 is 0 Å². The minimum absolute atomic E-state index is 0.127. The van der Waals surface area contributed by atoms with Gasteiger partial charge in [-0.1, -0.05) is 34.1 Å². The molecular weight excluding hydrogens is 300 g/mol. The third-order valence-corrected chi connectivity index (χ3v) is 4.06. The maximum Gasteiger partial charge on any atom is 0.160 e. The van der Waals surface area contributed by atoms with Crippen molar-refractivity contribution in [3.8, 4) is 11.1 Å². The first-order valence-corrected chi connectivity index (χ1v) is 7.08. The molecule has 2 aromatic carbocycles. The molecule has 0 aliphatic rings. The lowest BCUT2D eigenvalue weighted by molar-refractivity contribution is 0.101. The van der Waals surface area contributed by atoms with E-state index in [2.05, 4.69) is 35.8 Å². The van der Waals surface area contributed by atoms with Crippen molar-refractivity contribution in [1.29, 1.82) is 0 Å². The predicted molar refractivity (Wildman–Crippen MR) is 83.8 cm³/mol. The van der Waals surface area contributed by atoms with Crippen LogP contribution in [0.1, 0.15) is 34.0 Å². The molecule has 0 aliphatic carbocycles. The van der Waals surface area contributed by atoms with E-state index >= 15 is 0 Å². The van der Waals surface area contributed by atoms with Gasteiger partial charge in [0.05, 0.1) is 0 Å². The van der Waals surface area contributed by atoms with Crippen molar-refractivity contribution in [3.05, 3.63) is 57.1 Å². The molecule has 2 aromatic rings. The molecule has 0 N–H and O–H groups in total. The molecule has 98 valence electrons. The molecule has 0 saturated carbocycles. The van der Waals surface area contributed by atoms with E-state index in [4.69, 9.17) is 0 Å². The molecule has 0 spiro atoms. The van der Waals surface area contributed by atoms with Gasteiger partial charge < -0.3 is 0 Å². The summed E-state index contributed by atoms with van der Waals surface area (Å²) in [6.45, 7) is 7.79. The van der Waals surface area contributed by atoms with Gasteiger partial charge in [0.15, 0.2) is 5.78 Å². The summed E-state index contributed by atoms with van der Waals surface area (Å²) >= 11 is 3.44. The molecule has 0 atom stereocenters. The second-order valence-corrected chi connectivity index (χ2v) is 5.86. The fourth-order valence-corrected chi connectivity index (χ4v) is 2.78. The molecule has 19 heavy (non-hydrogen) atoms. The zero-order valence-corrected chi connectivity index (χ0v) is 13.3. The van der Waals surface area contributed by atoms with E-state index in [-0.39, 0.29) is 5.78 Å². The second-order valence-electron chi connectivity index (χ2n) is 4.95. The van der Waals surface area contributed by atoms with Crippen LogP contribution in [0.5, 0.6) is 0 Å². The number of hydrogen-bond acceptors (Lipinski definition) is 1. The third-order valence-electron chi connectivity index (χ3n) is 3.53. The Labute approximate surface area is 122 Å². The van der Waals surface area contributed by atoms with Crippen molar-refractivity contribution >= 4 is 21.7 Å². The lowest BCUT2D eigenvalue weighted by Crippen LogP contribution is -2.04. The Kier molecular flexibility index (Phi) is 3.91. The molecule has 1 nitrogen and oxygen atoms in total. The number of carbonyl (C=O) groups excluding carboxylic acids is 1. The number of aryl methyl sites for hydroxylation is 2. The van der Waals surface area contributed by atoms with Crippen molar-refractivity contribution in [3.63, 3.8) is 0 Å². The minimum atomic E-state index is 0.127.